The Morgan fingerprint density at radius 3 is 2.50 bits per heavy atom. The van der Waals surface area contributed by atoms with E-state index in [0.717, 1.165) is 19.2 Å². The summed E-state index contributed by atoms with van der Waals surface area (Å²) in [6.07, 6.45) is -0.525. The van der Waals surface area contributed by atoms with Crippen LogP contribution in [0.15, 0.2) is 16.6 Å². The van der Waals surface area contributed by atoms with Crippen LogP contribution in [0.4, 0.5) is 8.78 Å². The molecule has 0 N–H and O–H groups in total. The quantitative estimate of drug-likeness (QED) is 0.486. The van der Waals surface area contributed by atoms with Gasteiger partial charge in [0.05, 0.1) is 11.6 Å². The molecule has 0 atom stereocenters. The molecule has 0 bridgehead atoms. The Bertz CT molecular complexity index is 446. The second kappa shape index (κ2) is 5.16. The molecule has 0 unspecified atom stereocenters. The SMILES string of the molecule is COC(=O)C(=O)Cc1cc(F)c(Br)cc1F. The topological polar surface area (TPSA) is 43.4 Å². The normalized spacial score (nSPS) is 10.0. The molecule has 6 heteroatoms. The molecule has 3 nitrogen and oxygen atoms in total. The zero-order valence-electron chi connectivity index (χ0n) is 8.22. The van der Waals surface area contributed by atoms with E-state index >= 15 is 0 Å². The van der Waals surface area contributed by atoms with Crippen LogP contribution in [0.5, 0.6) is 0 Å². The monoisotopic (exact) mass is 292 g/mol. The zero-order chi connectivity index (χ0) is 12.3. The lowest BCUT2D eigenvalue weighted by Gasteiger charge is -2.03. The van der Waals surface area contributed by atoms with Gasteiger partial charge in [0, 0.05) is 6.42 Å². The van der Waals surface area contributed by atoms with Crippen LogP contribution in [-0.4, -0.2) is 18.9 Å². The fraction of sp³-hybridized carbons (Fsp3) is 0.200. The summed E-state index contributed by atoms with van der Waals surface area (Å²) in [4.78, 5) is 21.9. The predicted molar refractivity (Wildman–Crippen MR) is 54.8 cm³/mol. The van der Waals surface area contributed by atoms with Gasteiger partial charge in [0.1, 0.15) is 11.6 Å². The maximum absolute atomic E-state index is 13.3. The van der Waals surface area contributed by atoms with Gasteiger partial charge in [-0.05, 0) is 33.6 Å². The van der Waals surface area contributed by atoms with Crippen LogP contribution in [0.25, 0.3) is 0 Å². The number of carbonyl (C=O) groups excluding carboxylic acids is 2. The Morgan fingerprint density at radius 2 is 1.94 bits per heavy atom. The number of hydrogen-bond donors (Lipinski definition) is 0. The van der Waals surface area contributed by atoms with Gasteiger partial charge in [-0.2, -0.15) is 0 Å². The number of methoxy groups -OCH3 is 1. The van der Waals surface area contributed by atoms with Crippen LogP contribution in [0.2, 0.25) is 0 Å². The van der Waals surface area contributed by atoms with Crippen molar-refractivity contribution < 1.29 is 23.1 Å². The van der Waals surface area contributed by atoms with Crippen molar-refractivity contribution >= 4 is 27.7 Å². The molecule has 0 saturated heterocycles. The number of hydrogen-bond acceptors (Lipinski definition) is 3. The van der Waals surface area contributed by atoms with Gasteiger partial charge in [-0.15, -0.1) is 0 Å². The Balaban J connectivity index is 2.94. The van der Waals surface area contributed by atoms with Gasteiger partial charge < -0.3 is 4.74 Å². The molecular weight excluding hydrogens is 286 g/mol. The second-order valence-electron chi connectivity index (χ2n) is 2.95. The van der Waals surface area contributed by atoms with E-state index in [0.29, 0.717) is 0 Å². The smallest absolute Gasteiger partial charge is 0.374 e. The van der Waals surface area contributed by atoms with Crippen LogP contribution in [0, 0.1) is 11.6 Å². The van der Waals surface area contributed by atoms with Crippen molar-refractivity contribution in [3.05, 3.63) is 33.8 Å². The Morgan fingerprint density at radius 1 is 1.31 bits per heavy atom. The molecule has 0 aliphatic carbocycles. The molecule has 1 rings (SSSR count). The standard InChI is InChI=1S/C10H7BrF2O3/c1-16-10(15)9(14)3-5-2-8(13)6(11)4-7(5)12/h2,4H,3H2,1H3. The molecule has 0 saturated carbocycles. The van der Waals surface area contributed by atoms with Crippen molar-refractivity contribution in [2.75, 3.05) is 7.11 Å². The first-order valence-corrected chi connectivity index (χ1v) is 4.99. The van der Waals surface area contributed by atoms with E-state index in [4.69, 9.17) is 0 Å². The molecule has 16 heavy (non-hydrogen) atoms. The first-order chi connectivity index (χ1) is 7.45. The molecule has 0 aliphatic rings. The van der Waals surface area contributed by atoms with Gasteiger partial charge >= 0.3 is 5.97 Å². The summed E-state index contributed by atoms with van der Waals surface area (Å²) in [6, 6.07) is 1.76. The molecule has 0 spiro atoms. The van der Waals surface area contributed by atoms with Crippen molar-refractivity contribution in [2.24, 2.45) is 0 Å². The minimum absolute atomic E-state index is 0.0423. The van der Waals surface area contributed by atoms with Gasteiger partial charge in [0.15, 0.2) is 0 Å². The van der Waals surface area contributed by atoms with Gasteiger partial charge in [-0.3, -0.25) is 4.79 Å². The van der Waals surface area contributed by atoms with Gasteiger partial charge in [0.2, 0.25) is 5.78 Å². The Hall–Kier alpha value is -1.30. The zero-order valence-corrected chi connectivity index (χ0v) is 9.81. The summed E-state index contributed by atoms with van der Waals surface area (Å²) >= 11 is 2.80. The lowest BCUT2D eigenvalue weighted by atomic mass is 10.1. The van der Waals surface area contributed by atoms with Crippen LogP contribution in [0.3, 0.4) is 0 Å². The molecule has 1 aromatic rings. The third kappa shape index (κ3) is 2.85. The molecular formula is C10H7BrF2O3. The Labute approximate surface area is 98.5 Å². The fourth-order valence-electron chi connectivity index (χ4n) is 1.06. The maximum atomic E-state index is 13.3. The van der Waals surface area contributed by atoms with E-state index in [2.05, 4.69) is 20.7 Å². The number of ether oxygens (including phenoxy) is 1. The van der Waals surface area contributed by atoms with E-state index < -0.39 is 29.8 Å². The highest BCUT2D eigenvalue weighted by molar-refractivity contribution is 9.10. The Kier molecular flexibility index (Phi) is 4.12. The lowest BCUT2D eigenvalue weighted by molar-refractivity contribution is -0.151. The van der Waals surface area contributed by atoms with E-state index in [9.17, 15) is 18.4 Å². The van der Waals surface area contributed by atoms with Crippen LogP contribution in [-0.2, 0) is 20.7 Å². The summed E-state index contributed by atoms with van der Waals surface area (Å²) in [5, 5.41) is 0. The molecule has 0 aliphatic heterocycles. The number of ketones is 1. The summed E-state index contributed by atoms with van der Waals surface area (Å²) in [5.74, 6) is -3.47. The van der Waals surface area contributed by atoms with Crippen molar-refractivity contribution in [3.63, 3.8) is 0 Å². The molecule has 0 amide bonds. The average molecular weight is 293 g/mol. The number of halogens is 3. The predicted octanol–water partition coefficient (Wildman–Crippen LogP) is 2.01. The van der Waals surface area contributed by atoms with Crippen molar-refractivity contribution in [1.29, 1.82) is 0 Å². The minimum Gasteiger partial charge on any atom is -0.463 e. The van der Waals surface area contributed by atoms with Crippen molar-refractivity contribution in [3.8, 4) is 0 Å². The summed E-state index contributed by atoms with van der Waals surface area (Å²) in [6.45, 7) is 0. The lowest BCUT2D eigenvalue weighted by Crippen LogP contribution is -2.18. The van der Waals surface area contributed by atoms with E-state index in [1.54, 1.807) is 0 Å². The number of carbonyl (C=O) groups is 2. The summed E-state index contributed by atoms with van der Waals surface area (Å²) in [7, 11) is 1.04. The molecule has 86 valence electrons. The number of esters is 1. The summed E-state index contributed by atoms with van der Waals surface area (Å²) < 4.78 is 30.4. The summed E-state index contributed by atoms with van der Waals surface area (Å²) in [5.41, 5.74) is -0.184. The second-order valence-corrected chi connectivity index (χ2v) is 3.80. The number of Topliss-reactive ketones (excluding diaryl/α,β-unsaturated/α-hetero) is 1. The van der Waals surface area contributed by atoms with Crippen molar-refractivity contribution in [2.45, 2.75) is 6.42 Å². The highest BCUT2D eigenvalue weighted by atomic mass is 79.9. The van der Waals surface area contributed by atoms with E-state index in [-0.39, 0.29) is 10.0 Å². The van der Waals surface area contributed by atoms with Crippen LogP contribution >= 0.6 is 15.9 Å². The van der Waals surface area contributed by atoms with Gasteiger partial charge in [0.25, 0.3) is 0 Å². The van der Waals surface area contributed by atoms with Gasteiger partial charge in [-0.25, -0.2) is 13.6 Å². The average Bonchev–Trinajstić information content (AvgIpc) is 2.24. The third-order valence-corrected chi connectivity index (χ3v) is 2.46. The number of rotatable bonds is 3. The van der Waals surface area contributed by atoms with E-state index in [1.807, 2.05) is 0 Å². The maximum Gasteiger partial charge on any atom is 0.374 e. The highest BCUT2D eigenvalue weighted by Crippen LogP contribution is 2.20. The fourth-order valence-corrected chi connectivity index (χ4v) is 1.37. The first kappa shape index (κ1) is 12.8. The van der Waals surface area contributed by atoms with E-state index in [1.165, 1.54) is 0 Å². The van der Waals surface area contributed by atoms with Gasteiger partial charge in [-0.1, -0.05) is 0 Å². The molecule has 1 aromatic carbocycles. The first-order valence-electron chi connectivity index (χ1n) is 4.20. The van der Waals surface area contributed by atoms with Crippen molar-refractivity contribution in [1.82, 2.24) is 0 Å². The highest BCUT2D eigenvalue weighted by Gasteiger charge is 2.18. The molecule has 0 radical (unpaired) electrons. The number of benzene rings is 1. The third-order valence-electron chi connectivity index (χ3n) is 1.85. The molecule has 0 fully saturated rings. The molecule has 0 heterocycles. The molecule has 0 aromatic heterocycles. The largest absolute Gasteiger partial charge is 0.463 e. The van der Waals surface area contributed by atoms with Crippen LogP contribution < -0.4 is 0 Å². The minimum atomic E-state index is -1.08. The van der Waals surface area contributed by atoms with Crippen LogP contribution in [0.1, 0.15) is 5.56 Å².